The third kappa shape index (κ3) is 4.97. The van der Waals surface area contributed by atoms with Gasteiger partial charge in [-0.1, -0.05) is 41.4 Å². The van der Waals surface area contributed by atoms with Crippen LogP contribution in [0.4, 0.5) is 4.39 Å². The van der Waals surface area contributed by atoms with E-state index in [0.717, 1.165) is 0 Å². The van der Waals surface area contributed by atoms with E-state index in [-0.39, 0.29) is 46.3 Å². The van der Waals surface area contributed by atoms with Crippen molar-refractivity contribution in [1.82, 2.24) is 4.90 Å². The summed E-state index contributed by atoms with van der Waals surface area (Å²) in [6.07, 6.45) is 0. The molecule has 1 heterocycles. The lowest BCUT2D eigenvalue weighted by atomic mass is 10.2. The number of benzene rings is 2. The molecule has 0 aromatic heterocycles. The van der Waals surface area contributed by atoms with Gasteiger partial charge >= 0.3 is 5.97 Å². The predicted octanol–water partition coefficient (Wildman–Crippen LogP) is 4.96. The molecule has 29 heavy (non-hydrogen) atoms. The van der Waals surface area contributed by atoms with Crippen molar-refractivity contribution in [3.05, 3.63) is 63.4 Å². The first kappa shape index (κ1) is 21.7. The van der Waals surface area contributed by atoms with Crippen LogP contribution in [-0.4, -0.2) is 42.3 Å². The lowest BCUT2D eigenvalue weighted by Crippen LogP contribution is -2.34. The van der Waals surface area contributed by atoms with Crippen LogP contribution in [0.5, 0.6) is 5.75 Å². The summed E-state index contributed by atoms with van der Waals surface area (Å²) in [7, 11) is 0. The molecule has 3 rings (SSSR count). The number of hydrogen-bond donors (Lipinski definition) is 0. The van der Waals surface area contributed by atoms with Gasteiger partial charge in [-0.05, 0) is 25.1 Å². The first-order valence-corrected chi connectivity index (χ1v) is 10.7. The summed E-state index contributed by atoms with van der Waals surface area (Å²) in [5.74, 6) is -0.429. The number of thioether (sulfide) groups is 1. The molecular weight excluding hydrogens is 440 g/mol. The van der Waals surface area contributed by atoms with Gasteiger partial charge in [0, 0.05) is 17.9 Å². The van der Waals surface area contributed by atoms with Crippen LogP contribution in [0, 0.1) is 5.82 Å². The van der Waals surface area contributed by atoms with E-state index in [0.29, 0.717) is 17.9 Å². The van der Waals surface area contributed by atoms with Gasteiger partial charge in [-0.3, -0.25) is 4.79 Å². The highest BCUT2D eigenvalue weighted by atomic mass is 35.5. The second-order valence-electron chi connectivity index (χ2n) is 6.11. The summed E-state index contributed by atoms with van der Waals surface area (Å²) in [5, 5.41) is -0.228. The number of nitrogens with zero attached hydrogens (tertiary/aromatic N) is 1. The Morgan fingerprint density at radius 3 is 2.59 bits per heavy atom. The lowest BCUT2D eigenvalue weighted by molar-refractivity contribution is -0.133. The predicted molar refractivity (Wildman–Crippen MR) is 111 cm³/mol. The third-order valence-electron chi connectivity index (χ3n) is 4.23. The standard InChI is InChI=1S/C20H18Cl2FNO4S/c1-2-27-20(26)12-9-14(21)18(15(22)10-12)28-11-17(25)24-7-8-29-19(24)13-5-3-4-6-16(13)23/h3-6,9-10,19H,2,7-8,11H2,1H3/t19-/m0/s1. The van der Waals surface area contributed by atoms with Gasteiger partial charge < -0.3 is 14.4 Å². The fraction of sp³-hybridized carbons (Fsp3) is 0.300. The molecule has 1 saturated heterocycles. The molecule has 0 radical (unpaired) electrons. The van der Waals surface area contributed by atoms with Crippen molar-refractivity contribution in [1.29, 1.82) is 0 Å². The number of carbonyl (C=O) groups excluding carboxylic acids is 2. The van der Waals surface area contributed by atoms with Crippen LogP contribution in [0.15, 0.2) is 36.4 Å². The smallest absolute Gasteiger partial charge is 0.338 e. The van der Waals surface area contributed by atoms with Crippen molar-refractivity contribution in [2.45, 2.75) is 12.3 Å². The molecule has 1 amide bonds. The SMILES string of the molecule is CCOC(=O)c1cc(Cl)c(OCC(=O)N2CCS[C@H]2c2ccccc2F)c(Cl)c1. The highest BCUT2D eigenvalue weighted by Gasteiger charge is 2.32. The average molecular weight is 458 g/mol. The minimum absolute atomic E-state index is 0.0924. The largest absolute Gasteiger partial charge is 0.481 e. The fourth-order valence-electron chi connectivity index (χ4n) is 2.91. The van der Waals surface area contributed by atoms with E-state index in [4.69, 9.17) is 32.7 Å². The lowest BCUT2D eigenvalue weighted by Gasteiger charge is -2.24. The minimum Gasteiger partial charge on any atom is -0.481 e. The fourth-order valence-corrected chi connectivity index (χ4v) is 4.80. The van der Waals surface area contributed by atoms with Crippen LogP contribution in [0.1, 0.15) is 28.2 Å². The van der Waals surface area contributed by atoms with Gasteiger partial charge in [-0.15, -0.1) is 11.8 Å². The normalized spacial score (nSPS) is 16.0. The zero-order chi connectivity index (χ0) is 21.0. The van der Waals surface area contributed by atoms with Crippen LogP contribution in [0.2, 0.25) is 10.0 Å². The molecule has 1 aliphatic rings. The van der Waals surface area contributed by atoms with Gasteiger partial charge in [-0.25, -0.2) is 9.18 Å². The van der Waals surface area contributed by atoms with Gasteiger partial charge in [0.15, 0.2) is 12.4 Å². The Morgan fingerprint density at radius 1 is 1.24 bits per heavy atom. The van der Waals surface area contributed by atoms with Crippen molar-refractivity contribution in [2.75, 3.05) is 25.5 Å². The van der Waals surface area contributed by atoms with E-state index in [1.54, 1.807) is 30.0 Å². The average Bonchev–Trinajstić information content (AvgIpc) is 3.17. The number of hydrogen-bond acceptors (Lipinski definition) is 5. The van der Waals surface area contributed by atoms with Gasteiger partial charge in [0.25, 0.3) is 5.91 Å². The Balaban J connectivity index is 1.70. The monoisotopic (exact) mass is 457 g/mol. The summed E-state index contributed by atoms with van der Waals surface area (Å²) < 4.78 is 24.6. The Kier molecular flexibility index (Phi) is 7.27. The van der Waals surface area contributed by atoms with Crippen LogP contribution in [0.3, 0.4) is 0 Å². The molecule has 1 fully saturated rings. The van der Waals surface area contributed by atoms with Crippen molar-refractivity contribution in [3.8, 4) is 5.75 Å². The molecular formula is C20H18Cl2FNO4S. The maximum Gasteiger partial charge on any atom is 0.338 e. The molecule has 0 spiro atoms. The summed E-state index contributed by atoms with van der Waals surface area (Å²) in [5.41, 5.74) is 0.647. The number of rotatable bonds is 6. The molecule has 0 unspecified atom stereocenters. The van der Waals surface area contributed by atoms with Crippen molar-refractivity contribution in [3.63, 3.8) is 0 Å². The molecule has 9 heteroatoms. The van der Waals surface area contributed by atoms with Crippen LogP contribution in [0.25, 0.3) is 0 Å². The van der Waals surface area contributed by atoms with Crippen LogP contribution in [-0.2, 0) is 9.53 Å². The van der Waals surface area contributed by atoms with Gasteiger partial charge in [0.05, 0.1) is 22.2 Å². The molecule has 2 aromatic carbocycles. The van der Waals surface area contributed by atoms with Gasteiger partial charge in [-0.2, -0.15) is 0 Å². The highest BCUT2D eigenvalue weighted by molar-refractivity contribution is 7.99. The van der Waals surface area contributed by atoms with E-state index in [2.05, 4.69) is 0 Å². The molecule has 154 valence electrons. The second kappa shape index (κ2) is 9.69. The summed E-state index contributed by atoms with van der Waals surface area (Å²) in [6, 6.07) is 9.14. The number of amides is 1. The van der Waals surface area contributed by atoms with E-state index < -0.39 is 11.3 Å². The van der Waals surface area contributed by atoms with Crippen molar-refractivity contribution >= 4 is 46.8 Å². The molecule has 0 saturated carbocycles. The summed E-state index contributed by atoms with van der Waals surface area (Å²) in [6.45, 7) is 2.08. The first-order chi connectivity index (χ1) is 13.9. The topological polar surface area (TPSA) is 55.8 Å². The molecule has 0 bridgehead atoms. The van der Waals surface area contributed by atoms with Crippen molar-refractivity contribution < 1.29 is 23.5 Å². The first-order valence-electron chi connectivity index (χ1n) is 8.86. The zero-order valence-electron chi connectivity index (χ0n) is 15.5. The van der Waals surface area contributed by atoms with Gasteiger partial charge in [0.2, 0.25) is 0 Å². The van der Waals surface area contributed by atoms with Crippen molar-refractivity contribution in [2.24, 2.45) is 0 Å². The van der Waals surface area contributed by atoms with E-state index in [1.807, 2.05) is 0 Å². The Morgan fingerprint density at radius 2 is 1.93 bits per heavy atom. The molecule has 0 N–H and O–H groups in total. The zero-order valence-corrected chi connectivity index (χ0v) is 17.8. The van der Waals surface area contributed by atoms with Gasteiger partial charge in [0.1, 0.15) is 11.2 Å². The van der Waals surface area contributed by atoms with E-state index >= 15 is 0 Å². The Bertz CT molecular complexity index is 904. The Labute approximate surface area is 182 Å². The number of esters is 1. The number of ether oxygens (including phenoxy) is 2. The van der Waals surface area contributed by atoms with Crippen LogP contribution < -0.4 is 4.74 Å². The minimum atomic E-state index is -0.555. The third-order valence-corrected chi connectivity index (χ3v) is 6.04. The molecule has 0 aliphatic carbocycles. The van der Waals surface area contributed by atoms with E-state index in [9.17, 15) is 14.0 Å². The Hall–Kier alpha value is -1.96. The summed E-state index contributed by atoms with van der Waals surface area (Å²) >= 11 is 13.8. The van der Waals surface area contributed by atoms with E-state index in [1.165, 1.54) is 30.0 Å². The van der Waals surface area contributed by atoms with Crippen LogP contribution >= 0.6 is 35.0 Å². The number of carbonyl (C=O) groups is 2. The quantitative estimate of drug-likeness (QED) is 0.573. The summed E-state index contributed by atoms with van der Waals surface area (Å²) in [4.78, 5) is 26.1. The molecule has 2 aromatic rings. The number of halogens is 3. The maximum absolute atomic E-state index is 14.1. The highest BCUT2D eigenvalue weighted by Crippen LogP contribution is 2.39. The molecule has 1 atom stereocenters. The molecule has 1 aliphatic heterocycles. The molecule has 5 nitrogen and oxygen atoms in total. The maximum atomic E-state index is 14.1. The second-order valence-corrected chi connectivity index (χ2v) is 8.11.